The predicted molar refractivity (Wildman–Crippen MR) is 266 cm³/mol. The lowest BCUT2D eigenvalue weighted by atomic mass is 9.87. The number of benzene rings is 2. The van der Waals surface area contributed by atoms with Crippen molar-refractivity contribution >= 4 is 31.8 Å². The van der Waals surface area contributed by atoms with Gasteiger partial charge in [0.05, 0.1) is 50.8 Å². The Morgan fingerprint density at radius 3 is 1.40 bits per heavy atom. The molecule has 4 aromatic rings. The van der Waals surface area contributed by atoms with Crippen molar-refractivity contribution in [3.05, 3.63) is 58.9 Å². The second-order valence-electron chi connectivity index (χ2n) is 18.5. The van der Waals surface area contributed by atoms with Gasteiger partial charge >= 0.3 is 6.18 Å². The molecule has 0 radical (unpaired) electrons. The number of piperidine rings is 2. The minimum absolute atomic E-state index is 0.160. The summed E-state index contributed by atoms with van der Waals surface area (Å²) >= 11 is 0. The van der Waals surface area contributed by atoms with Crippen LogP contribution in [0, 0.1) is 13.8 Å². The van der Waals surface area contributed by atoms with Gasteiger partial charge in [0.2, 0.25) is 10.0 Å². The smallest absolute Gasteiger partial charge is 0.401 e. The van der Waals surface area contributed by atoms with Crippen LogP contribution >= 0.6 is 0 Å². The third kappa shape index (κ3) is 14.6. The van der Waals surface area contributed by atoms with Crippen LogP contribution in [0.5, 0.6) is 23.0 Å². The van der Waals surface area contributed by atoms with Crippen molar-refractivity contribution in [1.29, 1.82) is 0 Å². The number of ether oxygens (including phenoxy) is 4. The van der Waals surface area contributed by atoms with Crippen molar-refractivity contribution < 1.29 is 40.5 Å². The molecular formula is C52H77F3N6O6S. The van der Waals surface area contributed by atoms with Gasteiger partial charge in [-0.15, -0.1) is 0 Å². The normalized spacial score (nSPS) is 18.3. The van der Waals surface area contributed by atoms with E-state index in [1.54, 1.807) is 25.4 Å². The third-order valence-electron chi connectivity index (χ3n) is 13.7. The molecule has 16 heteroatoms. The Labute approximate surface area is 403 Å². The molecule has 68 heavy (non-hydrogen) atoms. The standard InChI is InChI=1S/C25H34F3N3O2.C25H37N3O4S.C2H6/c1-18-14-20(19-6-11-31(12-7-19)17-25(26,27)28)21-15-23(32-2)24(16-22(21)29-18)33-13-5-10-30-8-3-4-9-30;1-4-33(29,30)28-13-8-20(9-14-28)21-16-19(2)26-23-18-25(24(31-3)17-22(21)23)32-15-7-12-27-10-5-6-11-27;1-2/h14-16,19H,3-13,17H2,1-2H3;16-18,20H,4-15H2,1-3H3;1-2H3. The highest BCUT2D eigenvalue weighted by atomic mass is 32.2. The van der Waals surface area contributed by atoms with Gasteiger partial charge in [-0.25, -0.2) is 12.7 Å². The molecule has 0 N–H and O–H groups in total. The zero-order valence-corrected chi connectivity index (χ0v) is 42.6. The third-order valence-corrected chi connectivity index (χ3v) is 15.6. The van der Waals surface area contributed by atoms with E-state index in [2.05, 4.69) is 21.9 Å². The summed E-state index contributed by atoms with van der Waals surface area (Å²) in [6.45, 7) is 19.0. The maximum Gasteiger partial charge on any atom is 0.401 e. The Morgan fingerprint density at radius 1 is 0.603 bits per heavy atom. The van der Waals surface area contributed by atoms with Crippen molar-refractivity contribution in [2.24, 2.45) is 0 Å². The number of rotatable bonds is 17. The van der Waals surface area contributed by atoms with Gasteiger partial charge in [0, 0.05) is 60.5 Å². The molecular weight excluding hydrogens is 894 g/mol. The number of aromatic nitrogens is 2. The fraction of sp³-hybridized carbons (Fsp3) is 0.654. The predicted octanol–water partition coefficient (Wildman–Crippen LogP) is 10.1. The highest BCUT2D eigenvalue weighted by Crippen LogP contribution is 2.41. The SMILES string of the molecule is CC.CCS(=O)(=O)N1CCC(c2cc(C)nc3cc(OCCCN4CCCC4)c(OC)cc23)CC1.COc1cc2c(C3CCN(CC(F)(F)F)CC3)cc(C)nc2cc1OCCCN1CCCC1. The molecule has 0 aliphatic carbocycles. The van der Waals surface area contributed by atoms with Crippen molar-refractivity contribution in [2.75, 3.05) is 105 Å². The minimum Gasteiger partial charge on any atom is -0.493 e. The number of fused-ring (bicyclic) bond motifs is 2. The topological polar surface area (TPSA) is 110 Å². The number of likely N-dealkylation sites (tertiary alicyclic amines) is 3. The quantitative estimate of drug-likeness (QED) is 0.0944. The van der Waals surface area contributed by atoms with E-state index in [1.165, 1.54) is 62.3 Å². The number of hydrogen-bond acceptors (Lipinski definition) is 11. The van der Waals surface area contributed by atoms with E-state index in [0.717, 1.165) is 89.0 Å². The zero-order valence-electron chi connectivity index (χ0n) is 41.8. The Hall–Kier alpha value is -3.96. The van der Waals surface area contributed by atoms with Gasteiger partial charge in [-0.1, -0.05) is 13.8 Å². The summed E-state index contributed by atoms with van der Waals surface area (Å²) < 4.78 is 87.9. The van der Waals surface area contributed by atoms with Crippen molar-refractivity contribution in [3.8, 4) is 23.0 Å². The molecule has 8 rings (SSSR count). The van der Waals surface area contributed by atoms with E-state index in [9.17, 15) is 21.6 Å². The van der Waals surface area contributed by atoms with E-state index in [4.69, 9.17) is 28.9 Å². The van der Waals surface area contributed by atoms with E-state index in [1.807, 2.05) is 52.0 Å². The lowest BCUT2D eigenvalue weighted by molar-refractivity contribution is -0.147. The van der Waals surface area contributed by atoms with Gasteiger partial charge in [-0.3, -0.25) is 14.9 Å². The van der Waals surface area contributed by atoms with Crippen molar-refractivity contribution in [1.82, 2.24) is 29.0 Å². The first-order valence-corrected chi connectivity index (χ1v) is 26.8. The van der Waals surface area contributed by atoms with E-state index < -0.39 is 22.7 Å². The molecule has 2 aromatic heterocycles. The number of methoxy groups -OCH3 is 2. The summed E-state index contributed by atoms with van der Waals surface area (Å²) in [5.41, 5.74) is 5.99. The second-order valence-corrected chi connectivity index (χ2v) is 20.7. The van der Waals surface area contributed by atoms with Gasteiger partial charge in [0.15, 0.2) is 23.0 Å². The van der Waals surface area contributed by atoms with E-state index >= 15 is 0 Å². The number of pyridine rings is 2. The molecule has 0 amide bonds. The molecule has 6 heterocycles. The summed E-state index contributed by atoms with van der Waals surface area (Å²) in [6.07, 6.45) is 6.02. The van der Waals surface area contributed by atoms with Crippen LogP contribution in [0.25, 0.3) is 21.8 Å². The van der Waals surface area contributed by atoms with Gasteiger partial charge < -0.3 is 28.7 Å². The Kier molecular flexibility index (Phi) is 19.8. The molecule has 4 aliphatic heterocycles. The van der Waals surface area contributed by atoms with Crippen LogP contribution in [-0.4, -0.2) is 149 Å². The van der Waals surface area contributed by atoms with E-state index in [-0.39, 0.29) is 11.7 Å². The highest BCUT2D eigenvalue weighted by Gasteiger charge is 2.34. The second kappa shape index (κ2) is 25.2. The molecule has 4 aliphatic rings. The molecule has 4 saturated heterocycles. The lowest BCUT2D eigenvalue weighted by Crippen LogP contribution is -2.39. The van der Waals surface area contributed by atoms with Crippen LogP contribution < -0.4 is 18.9 Å². The Morgan fingerprint density at radius 2 is 1.01 bits per heavy atom. The fourth-order valence-corrected chi connectivity index (χ4v) is 11.4. The number of halogens is 3. The first kappa shape index (κ1) is 53.4. The van der Waals surface area contributed by atoms with Crippen LogP contribution in [0.2, 0.25) is 0 Å². The zero-order chi connectivity index (χ0) is 48.8. The monoisotopic (exact) mass is 971 g/mol. The molecule has 0 atom stereocenters. The van der Waals surface area contributed by atoms with Crippen LogP contribution in [-0.2, 0) is 10.0 Å². The Balaban J connectivity index is 0.000000216. The maximum atomic E-state index is 12.8. The molecule has 0 spiro atoms. The van der Waals surface area contributed by atoms with Gasteiger partial charge in [0.25, 0.3) is 0 Å². The average Bonchev–Trinajstić information content (AvgIpc) is 4.07. The Bertz CT molecular complexity index is 2320. The van der Waals surface area contributed by atoms with Gasteiger partial charge in [-0.05, 0) is 171 Å². The number of aryl methyl sites for hydroxylation is 2. The van der Waals surface area contributed by atoms with Crippen molar-refractivity contribution in [2.45, 2.75) is 117 Å². The number of alkyl halides is 3. The summed E-state index contributed by atoms with van der Waals surface area (Å²) in [6, 6.07) is 12.2. The summed E-state index contributed by atoms with van der Waals surface area (Å²) in [4.78, 5) is 16.0. The summed E-state index contributed by atoms with van der Waals surface area (Å²) in [5.74, 6) is 3.49. The molecule has 0 unspecified atom stereocenters. The average molecular weight is 971 g/mol. The molecule has 0 bridgehead atoms. The largest absolute Gasteiger partial charge is 0.493 e. The number of hydrogen-bond donors (Lipinski definition) is 0. The molecule has 12 nitrogen and oxygen atoms in total. The fourth-order valence-electron chi connectivity index (χ4n) is 10.3. The van der Waals surface area contributed by atoms with E-state index in [0.29, 0.717) is 69.7 Å². The van der Waals surface area contributed by atoms with Crippen LogP contribution in [0.3, 0.4) is 0 Å². The first-order chi connectivity index (χ1) is 32.7. The molecule has 2 aromatic carbocycles. The number of sulfonamides is 1. The number of nitrogens with zero attached hydrogens (tertiary/aromatic N) is 6. The maximum absolute atomic E-state index is 12.8. The lowest BCUT2D eigenvalue weighted by Gasteiger charge is -2.33. The van der Waals surface area contributed by atoms with Gasteiger partial charge in [-0.2, -0.15) is 13.2 Å². The van der Waals surface area contributed by atoms with Crippen LogP contribution in [0.1, 0.15) is 119 Å². The van der Waals surface area contributed by atoms with Crippen LogP contribution in [0.15, 0.2) is 36.4 Å². The van der Waals surface area contributed by atoms with Crippen LogP contribution in [0.4, 0.5) is 13.2 Å². The molecule has 4 fully saturated rings. The first-order valence-electron chi connectivity index (χ1n) is 25.2. The molecule has 378 valence electrons. The summed E-state index contributed by atoms with van der Waals surface area (Å²) in [7, 11) is 0.179. The summed E-state index contributed by atoms with van der Waals surface area (Å²) in [5, 5.41) is 2.06. The highest BCUT2D eigenvalue weighted by molar-refractivity contribution is 7.89. The van der Waals surface area contributed by atoms with Crippen molar-refractivity contribution in [3.63, 3.8) is 0 Å². The molecule has 0 saturated carbocycles. The van der Waals surface area contributed by atoms with Gasteiger partial charge in [0.1, 0.15) is 0 Å². The minimum atomic E-state index is -4.15.